The summed E-state index contributed by atoms with van der Waals surface area (Å²) < 4.78 is 6.17. The van der Waals surface area contributed by atoms with E-state index in [2.05, 4.69) is 20.9 Å². The second-order valence-electron chi connectivity index (χ2n) is 5.94. The maximum Gasteiger partial charge on any atom is 0.339 e. The second kappa shape index (κ2) is 7.66. The number of carbonyl (C=O) groups excluding carboxylic acids is 2. The molecule has 0 N–H and O–H groups in total. The lowest BCUT2D eigenvalue weighted by Crippen LogP contribution is -2.27. The Morgan fingerprint density at radius 2 is 1.77 bits per heavy atom. The second-order valence-corrected chi connectivity index (χ2v) is 6.86. The van der Waals surface area contributed by atoms with E-state index in [1.54, 1.807) is 20.2 Å². The van der Waals surface area contributed by atoms with Gasteiger partial charge in [0.2, 0.25) is 0 Å². The van der Waals surface area contributed by atoms with E-state index in [0.29, 0.717) is 22.2 Å². The summed E-state index contributed by atoms with van der Waals surface area (Å²) in [5, 5.41) is 0.690. The van der Waals surface area contributed by atoms with Crippen molar-refractivity contribution in [1.29, 1.82) is 0 Å². The van der Waals surface area contributed by atoms with Gasteiger partial charge < -0.3 is 9.64 Å². The predicted molar refractivity (Wildman–Crippen MR) is 104 cm³/mol. The molecule has 132 valence electrons. The van der Waals surface area contributed by atoms with Gasteiger partial charge in [-0.25, -0.2) is 9.78 Å². The highest BCUT2D eigenvalue weighted by molar-refractivity contribution is 9.10. The van der Waals surface area contributed by atoms with Crippen LogP contribution in [-0.4, -0.2) is 42.5 Å². The number of fused-ring (bicyclic) bond motifs is 1. The van der Waals surface area contributed by atoms with Gasteiger partial charge in [-0.15, -0.1) is 0 Å². The molecule has 26 heavy (non-hydrogen) atoms. The normalized spacial score (nSPS) is 10.6. The van der Waals surface area contributed by atoms with Crippen LogP contribution in [0.5, 0.6) is 0 Å². The summed E-state index contributed by atoms with van der Waals surface area (Å²) in [7, 11) is 3.23. The monoisotopic (exact) mass is 412 g/mol. The molecule has 0 radical (unpaired) electrons. The van der Waals surface area contributed by atoms with Gasteiger partial charge in [-0.2, -0.15) is 0 Å². The van der Waals surface area contributed by atoms with Gasteiger partial charge in [0.15, 0.2) is 6.61 Å². The first-order valence-corrected chi connectivity index (χ1v) is 8.78. The number of esters is 1. The molecule has 3 rings (SSSR count). The largest absolute Gasteiger partial charge is 0.452 e. The fraction of sp³-hybridized carbons (Fsp3) is 0.150. The van der Waals surface area contributed by atoms with Gasteiger partial charge in [-0.3, -0.25) is 4.79 Å². The molecule has 6 heteroatoms. The van der Waals surface area contributed by atoms with Crippen molar-refractivity contribution in [2.24, 2.45) is 0 Å². The minimum Gasteiger partial charge on any atom is -0.452 e. The highest BCUT2D eigenvalue weighted by atomic mass is 79.9. The Labute approximate surface area is 159 Å². The number of ether oxygens (including phenoxy) is 1. The van der Waals surface area contributed by atoms with Gasteiger partial charge in [0.05, 0.1) is 16.8 Å². The van der Waals surface area contributed by atoms with Crippen molar-refractivity contribution < 1.29 is 14.3 Å². The summed E-state index contributed by atoms with van der Waals surface area (Å²) in [6.07, 6.45) is 0. The third-order valence-corrected chi connectivity index (χ3v) is 4.43. The van der Waals surface area contributed by atoms with Crippen LogP contribution in [0.4, 0.5) is 0 Å². The van der Waals surface area contributed by atoms with Crippen molar-refractivity contribution in [2.45, 2.75) is 0 Å². The van der Waals surface area contributed by atoms with Crippen LogP contribution >= 0.6 is 15.9 Å². The molecule has 0 saturated carbocycles. The lowest BCUT2D eigenvalue weighted by atomic mass is 10.0. The Morgan fingerprint density at radius 1 is 1.08 bits per heavy atom. The van der Waals surface area contributed by atoms with Crippen LogP contribution in [0.15, 0.2) is 59.1 Å². The number of para-hydroxylation sites is 1. The summed E-state index contributed by atoms with van der Waals surface area (Å²) >= 11 is 3.41. The van der Waals surface area contributed by atoms with E-state index in [9.17, 15) is 9.59 Å². The van der Waals surface area contributed by atoms with E-state index in [1.807, 2.05) is 48.5 Å². The minimum atomic E-state index is -0.544. The molecule has 5 nitrogen and oxygen atoms in total. The fourth-order valence-electron chi connectivity index (χ4n) is 2.45. The molecule has 1 aromatic heterocycles. The highest BCUT2D eigenvalue weighted by Crippen LogP contribution is 2.26. The van der Waals surface area contributed by atoms with Gasteiger partial charge in [0.25, 0.3) is 5.91 Å². The fourth-order valence-corrected chi connectivity index (χ4v) is 2.71. The molecule has 0 aliphatic carbocycles. The number of likely N-dealkylation sites (N-methyl/N-ethyl adjacent to an activating group) is 1. The number of hydrogen-bond donors (Lipinski definition) is 0. The van der Waals surface area contributed by atoms with Crippen molar-refractivity contribution in [3.05, 3.63) is 64.6 Å². The summed E-state index contributed by atoms with van der Waals surface area (Å²) in [5.41, 5.74) is 2.64. The standard InChI is InChI=1S/C20H17BrN2O3/c1-23(2)19(24)12-26-20(25)16-11-18(13-7-9-14(21)10-8-13)22-17-6-4-3-5-15(16)17/h3-11H,12H2,1-2H3. The Kier molecular flexibility index (Phi) is 5.32. The molecular weight excluding hydrogens is 396 g/mol. The quantitative estimate of drug-likeness (QED) is 0.609. The average molecular weight is 413 g/mol. The van der Waals surface area contributed by atoms with E-state index in [1.165, 1.54) is 4.90 Å². The van der Waals surface area contributed by atoms with Gasteiger partial charge >= 0.3 is 5.97 Å². The van der Waals surface area contributed by atoms with Crippen molar-refractivity contribution in [3.63, 3.8) is 0 Å². The number of hydrogen-bond acceptors (Lipinski definition) is 4. The number of rotatable bonds is 4. The summed E-state index contributed by atoms with van der Waals surface area (Å²) in [4.78, 5) is 30.3. The van der Waals surface area contributed by atoms with Crippen LogP contribution in [-0.2, 0) is 9.53 Å². The minimum absolute atomic E-state index is 0.273. The number of nitrogens with zero attached hydrogens (tertiary/aromatic N) is 2. The number of benzene rings is 2. The van der Waals surface area contributed by atoms with Crippen molar-refractivity contribution >= 4 is 38.7 Å². The average Bonchev–Trinajstić information content (AvgIpc) is 2.65. The maximum atomic E-state index is 12.6. The van der Waals surface area contributed by atoms with Gasteiger partial charge in [0.1, 0.15) is 0 Å². The molecule has 0 fully saturated rings. The molecule has 0 spiro atoms. The van der Waals surface area contributed by atoms with Crippen LogP contribution in [0.25, 0.3) is 22.2 Å². The number of amides is 1. The predicted octanol–water partition coefficient (Wildman–Crippen LogP) is 3.91. The molecule has 0 aliphatic heterocycles. The van der Waals surface area contributed by atoms with Crippen LogP contribution in [0.1, 0.15) is 10.4 Å². The Bertz CT molecular complexity index is 968. The Morgan fingerprint density at radius 3 is 2.46 bits per heavy atom. The molecule has 1 amide bonds. The molecule has 0 atom stereocenters. The van der Waals surface area contributed by atoms with Crippen LogP contribution in [0, 0.1) is 0 Å². The van der Waals surface area contributed by atoms with Gasteiger partial charge in [0, 0.05) is 29.5 Å². The molecule has 0 unspecified atom stereocenters. The zero-order valence-electron chi connectivity index (χ0n) is 14.4. The van der Waals surface area contributed by atoms with E-state index >= 15 is 0 Å². The molecule has 3 aromatic rings. The summed E-state index contributed by atoms with van der Waals surface area (Å²) in [5.74, 6) is -0.818. The number of halogens is 1. The first-order chi connectivity index (χ1) is 12.5. The van der Waals surface area contributed by atoms with Crippen molar-refractivity contribution in [2.75, 3.05) is 20.7 Å². The SMILES string of the molecule is CN(C)C(=O)COC(=O)c1cc(-c2ccc(Br)cc2)nc2ccccc12. The van der Waals surface area contributed by atoms with Crippen LogP contribution in [0.2, 0.25) is 0 Å². The number of aromatic nitrogens is 1. The third-order valence-electron chi connectivity index (χ3n) is 3.90. The van der Waals surface area contributed by atoms with E-state index in [4.69, 9.17) is 4.74 Å². The molecule has 0 aliphatic rings. The van der Waals surface area contributed by atoms with Crippen LogP contribution < -0.4 is 0 Å². The first-order valence-electron chi connectivity index (χ1n) is 7.98. The van der Waals surface area contributed by atoms with Crippen LogP contribution in [0.3, 0.4) is 0 Å². The maximum absolute atomic E-state index is 12.6. The molecule has 0 saturated heterocycles. The van der Waals surface area contributed by atoms with Gasteiger partial charge in [-0.05, 0) is 24.3 Å². The van der Waals surface area contributed by atoms with Crippen molar-refractivity contribution in [3.8, 4) is 11.3 Å². The highest BCUT2D eigenvalue weighted by Gasteiger charge is 2.17. The lowest BCUT2D eigenvalue weighted by molar-refractivity contribution is -0.131. The topological polar surface area (TPSA) is 59.5 Å². The lowest BCUT2D eigenvalue weighted by Gasteiger charge is -2.12. The summed E-state index contributed by atoms with van der Waals surface area (Å²) in [6.45, 7) is -0.296. The molecular formula is C20H17BrN2O3. The zero-order chi connectivity index (χ0) is 18.7. The zero-order valence-corrected chi connectivity index (χ0v) is 16.0. The third kappa shape index (κ3) is 3.91. The first kappa shape index (κ1) is 18.1. The Balaban J connectivity index is 2.01. The molecule has 2 aromatic carbocycles. The number of carbonyl (C=O) groups is 2. The van der Waals surface area contributed by atoms with E-state index in [-0.39, 0.29) is 12.5 Å². The molecule has 0 bridgehead atoms. The summed E-state index contributed by atoms with van der Waals surface area (Å²) in [6, 6.07) is 16.7. The number of pyridine rings is 1. The van der Waals surface area contributed by atoms with Crippen molar-refractivity contribution in [1.82, 2.24) is 9.88 Å². The van der Waals surface area contributed by atoms with E-state index in [0.717, 1.165) is 10.0 Å². The Hall–Kier alpha value is -2.73. The van der Waals surface area contributed by atoms with Gasteiger partial charge in [-0.1, -0.05) is 46.3 Å². The molecule has 1 heterocycles. The van der Waals surface area contributed by atoms with E-state index < -0.39 is 5.97 Å². The smallest absolute Gasteiger partial charge is 0.339 e.